The number of rotatable bonds is 20. The molecule has 7 rings (SSSR count). The van der Waals surface area contributed by atoms with Gasteiger partial charge in [-0.3, -0.25) is 38.3 Å². The predicted octanol–water partition coefficient (Wildman–Crippen LogP) is 5.03. The van der Waals surface area contributed by atoms with Crippen molar-refractivity contribution in [1.82, 2.24) is 39.5 Å². The van der Waals surface area contributed by atoms with Crippen LogP contribution in [0.15, 0.2) is 58.2 Å². The van der Waals surface area contributed by atoms with E-state index in [0.29, 0.717) is 36.6 Å². The highest BCUT2D eigenvalue weighted by Gasteiger charge is 2.32. The molecule has 4 aromatic heterocycles. The number of hydrogen-bond donors (Lipinski definition) is 5. The Labute approximate surface area is 365 Å². The molecule has 0 radical (unpaired) electrons. The summed E-state index contributed by atoms with van der Waals surface area (Å²) in [7, 11) is 1.70. The number of aromatic nitrogens is 6. The highest BCUT2D eigenvalue weighted by molar-refractivity contribution is 6.07. The smallest absolute Gasteiger partial charge is 0.405 e. The molecule has 5 aromatic rings. The molecule has 18 nitrogen and oxygen atoms in total. The highest BCUT2D eigenvalue weighted by atomic mass is 19.4. The van der Waals surface area contributed by atoms with Crippen molar-refractivity contribution in [2.45, 2.75) is 88.9 Å². The maximum absolute atomic E-state index is 13.1. The summed E-state index contributed by atoms with van der Waals surface area (Å²) in [6.07, 6.45) is 8.24. The summed E-state index contributed by atoms with van der Waals surface area (Å²) in [6, 6.07) is 7.97. The summed E-state index contributed by atoms with van der Waals surface area (Å²) in [6.45, 7) is 1.87. The first-order valence-electron chi connectivity index (χ1n) is 21.5. The zero-order valence-corrected chi connectivity index (χ0v) is 35.4. The summed E-state index contributed by atoms with van der Waals surface area (Å²) < 4.78 is 53.9. The molecule has 0 spiro atoms. The molecule has 1 atom stereocenters. The maximum Gasteiger partial charge on any atom is 0.405 e. The molecule has 21 heteroatoms. The number of carbonyl (C=O) groups excluding carboxylic acids is 4. The first-order valence-corrected chi connectivity index (χ1v) is 21.5. The van der Waals surface area contributed by atoms with E-state index in [-0.39, 0.29) is 52.8 Å². The second-order valence-corrected chi connectivity index (χ2v) is 16.3. The van der Waals surface area contributed by atoms with E-state index >= 15 is 0 Å². The number of hydrogen-bond acceptors (Lipinski definition) is 12. The fourth-order valence-corrected chi connectivity index (χ4v) is 8.20. The van der Waals surface area contributed by atoms with E-state index in [1.165, 1.54) is 22.9 Å². The van der Waals surface area contributed by atoms with Gasteiger partial charge in [-0.05, 0) is 113 Å². The minimum absolute atomic E-state index is 0.0132. The van der Waals surface area contributed by atoms with Crippen LogP contribution in [0.1, 0.15) is 103 Å². The zero-order valence-electron chi connectivity index (χ0n) is 35.4. The number of imide groups is 1. The van der Waals surface area contributed by atoms with Gasteiger partial charge in [0.15, 0.2) is 11.4 Å². The fraction of sp³-hybridized carbons (Fsp3) is 0.488. The van der Waals surface area contributed by atoms with Crippen LogP contribution in [-0.4, -0.2) is 91.5 Å². The predicted molar refractivity (Wildman–Crippen MR) is 228 cm³/mol. The van der Waals surface area contributed by atoms with Gasteiger partial charge < -0.3 is 30.8 Å². The number of carbonyl (C=O) groups is 4. The SMILES string of the molecule is Cn1c(=O)n(C2CCC(=O)NC2=O)c2ccc(CCCCOCCCCNCC3CCC(n4cc(NC(=O)c5coc(-c6ccnc(NCC(F)(F)F)c6)n5)c(C(N)=O)n4)CC3)cc21. The Balaban J connectivity index is 0.768. The van der Waals surface area contributed by atoms with Crippen molar-refractivity contribution in [2.75, 3.05) is 43.5 Å². The van der Waals surface area contributed by atoms with Gasteiger partial charge >= 0.3 is 11.9 Å². The molecule has 1 saturated heterocycles. The van der Waals surface area contributed by atoms with Crippen molar-refractivity contribution in [2.24, 2.45) is 18.7 Å². The average molecular weight is 892 g/mol. The van der Waals surface area contributed by atoms with Crippen molar-refractivity contribution in [3.8, 4) is 11.5 Å². The van der Waals surface area contributed by atoms with Crippen molar-refractivity contribution in [3.05, 3.63) is 76.4 Å². The van der Waals surface area contributed by atoms with Gasteiger partial charge in [-0.1, -0.05) is 6.07 Å². The molecule has 1 aromatic carbocycles. The molecule has 1 aliphatic carbocycles. The third kappa shape index (κ3) is 11.4. The zero-order chi connectivity index (χ0) is 45.4. The number of benzene rings is 1. The van der Waals surface area contributed by atoms with Gasteiger partial charge in [-0.2, -0.15) is 18.3 Å². The van der Waals surface area contributed by atoms with Crippen LogP contribution in [0, 0.1) is 5.92 Å². The number of nitrogens with two attached hydrogens (primary N) is 1. The Kier molecular flexibility index (Phi) is 14.6. The maximum atomic E-state index is 13.1. The second-order valence-electron chi connectivity index (χ2n) is 16.3. The molecule has 0 bridgehead atoms. The number of halogens is 3. The number of pyridine rings is 1. The molecule has 5 heterocycles. The molecule has 342 valence electrons. The van der Waals surface area contributed by atoms with E-state index in [2.05, 4.69) is 36.3 Å². The van der Waals surface area contributed by atoms with Crippen LogP contribution in [0.25, 0.3) is 22.5 Å². The number of ether oxygens (including phenoxy) is 1. The minimum atomic E-state index is -4.43. The summed E-state index contributed by atoms with van der Waals surface area (Å²) in [5, 5.41) is 15.1. The highest BCUT2D eigenvalue weighted by Crippen LogP contribution is 2.33. The summed E-state index contributed by atoms with van der Waals surface area (Å²) in [4.78, 5) is 70.5. The Morgan fingerprint density at radius 3 is 2.53 bits per heavy atom. The third-order valence-corrected chi connectivity index (χ3v) is 11.6. The summed E-state index contributed by atoms with van der Waals surface area (Å²) in [5.74, 6) is -1.83. The van der Waals surface area contributed by atoms with E-state index in [9.17, 15) is 37.1 Å². The number of unbranched alkanes of at least 4 members (excludes halogenated alkanes) is 2. The van der Waals surface area contributed by atoms with Gasteiger partial charge in [0.2, 0.25) is 17.7 Å². The number of fused-ring (bicyclic) bond motifs is 1. The van der Waals surface area contributed by atoms with Crippen LogP contribution in [0.5, 0.6) is 0 Å². The van der Waals surface area contributed by atoms with Gasteiger partial charge in [0, 0.05) is 44.6 Å². The van der Waals surface area contributed by atoms with Crippen molar-refractivity contribution in [3.63, 3.8) is 0 Å². The molecular formula is C43H52F3N11O7. The van der Waals surface area contributed by atoms with Gasteiger partial charge in [0.1, 0.15) is 24.7 Å². The molecule has 2 fully saturated rings. The van der Waals surface area contributed by atoms with E-state index in [4.69, 9.17) is 14.9 Å². The van der Waals surface area contributed by atoms with Crippen LogP contribution in [0.2, 0.25) is 0 Å². The van der Waals surface area contributed by atoms with Gasteiger partial charge in [-0.15, -0.1) is 0 Å². The van der Waals surface area contributed by atoms with Crippen LogP contribution < -0.4 is 32.7 Å². The minimum Gasteiger partial charge on any atom is -0.444 e. The standard InChI is InChI=1S/C43H52F3N11O7/c1-55-34-20-26(9-12-32(34)57(42(55)62)33-13-14-36(58)53-40(33)61)6-2-4-18-63-19-5-3-16-48-22-27-7-10-29(11-8-27)56-23-30(37(54-56)38(47)59)51-39(60)31-24-64-41(52-31)28-15-17-49-35(21-28)50-25-43(44,45)46/h9,12,15,17,20-21,23-24,27,29,33,48H,2-8,10-11,13-14,16,18-19,22,25H2,1H3,(H2,47,59)(H,49,50)(H,51,60)(H,53,58,61). The molecule has 2 aliphatic rings. The topological polar surface area (TPSA) is 235 Å². The number of piperidine rings is 1. The van der Waals surface area contributed by atoms with E-state index in [1.54, 1.807) is 22.5 Å². The van der Waals surface area contributed by atoms with Crippen LogP contribution >= 0.6 is 0 Å². The normalized spacial score (nSPS) is 18.0. The lowest BCUT2D eigenvalue weighted by Crippen LogP contribution is -2.44. The van der Waals surface area contributed by atoms with Crippen molar-refractivity contribution < 1.29 is 41.5 Å². The Morgan fingerprint density at radius 2 is 1.78 bits per heavy atom. The number of alkyl halides is 3. The number of aryl methyl sites for hydroxylation is 2. The molecule has 64 heavy (non-hydrogen) atoms. The van der Waals surface area contributed by atoms with Crippen molar-refractivity contribution in [1.29, 1.82) is 0 Å². The second kappa shape index (κ2) is 20.4. The van der Waals surface area contributed by atoms with Crippen LogP contribution in [0.4, 0.5) is 24.7 Å². The Bertz CT molecular complexity index is 2520. The Morgan fingerprint density at radius 1 is 1.00 bits per heavy atom. The average Bonchev–Trinajstić information content (AvgIpc) is 4.00. The first kappa shape index (κ1) is 45.7. The van der Waals surface area contributed by atoms with E-state index in [1.807, 2.05) is 18.2 Å². The molecule has 1 saturated carbocycles. The first-order chi connectivity index (χ1) is 30.7. The number of imidazole rings is 1. The van der Waals surface area contributed by atoms with Crippen LogP contribution in [0.3, 0.4) is 0 Å². The summed E-state index contributed by atoms with van der Waals surface area (Å²) in [5.41, 5.74) is 8.09. The third-order valence-electron chi connectivity index (χ3n) is 11.6. The largest absolute Gasteiger partial charge is 0.444 e. The van der Waals surface area contributed by atoms with Crippen LogP contribution in [-0.2, 0) is 27.8 Å². The Hall–Kier alpha value is -6.35. The van der Waals surface area contributed by atoms with Crippen molar-refractivity contribution >= 4 is 46.2 Å². The molecule has 6 N–H and O–H groups in total. The number of nitrogens with one attached hydrogen (secondary N) is 4. The van der Waals surface area contributed by atoms with Gasteiger partial charge in [0.05, 0.1) is 22.8 Å². The van der Waals surface area contributed by atoms with Gasteiger partial charge in [0.25, 0.3) is 11.8 Å². The number of primary amides is 1. The van der Waals surface area contributed by atoms with E-state index in [0.717, 1.165) is 88.2 Å². The lowest BCUT2D eigenvalue weighted by molar-refractivity contribution is -0.135. The lowest BCUT2D eigenvalue weighted by Gasteiger charge is -2.28. The number of nitrogens with zero attached hydrogens (tertiary/aromatic N) is 6. The number of amides is 4. The monoisotopic (exact) mass is 891 g/mol. The number of oxazole rings is 1. The molecule has 1 unspecified atom stereocenters. The van der Waals surface area contributed by atoms with E-state index < -0.39 is 36.5 Å². The molecule has 1 aliphatic heterocycles. The van der Waals surface area contributed by atoms with Gasteiger partial charge in [-0.25, -0.2) is 14.8 Å². The molecule has 4 amide bonds. The quantitative estimate of drug-likeness (QED) is 0.0512. The lowest BCUT2D eigenvalue weighted by atomic mass is 9.86. The fourth-order valence-electron chi connectivity index (χ4n) is 8.20. The number of anilines is 2. The summed E-state index contributed by atoms with van der Waals surface area (Å²) >= 11 is 0. The molecular weight excluding hydrogens is 840 g/mol.